The maximum absolute atomic E-state index is 12.8. The number of unbranched alkanes of at least 4 members (excludes halogenated alkanes) is 1. The van der Waals surface area contributed by atoms with Crippen molar-refractivity contribution < 1.29 is 24.2 Å². The monoisotopic (exact) mass is 383 g/mol. The van der Waals surface area contributed by atoms with E-state index in [0.29, 0.717) is 24.6 Å². The van der Waals surface area contributed by atoms with E-state index < -0.39 is 11.6 Å². The molecule has 0 saturated carbocycles. The van der Waals surface area contributed by atoms with Crippen molar-refractivity contribution in [2.45, 2.75) is 39.2 Å². The first-order chi connectivity index (χ1) is 13.3. The summed E-state index contributed by atoms with van der Waals surface area (Å²) in [6.07, 6.45) is 1.50. The Morgan fingerprint density at radius 1 is 1.18 bits per heavy atom. The van der Waals surface area contributed by atoms with Gasteiger partial charge in [-0.15, -0.1) is 0 Å². The number of aromatic carboxylic acids is 1. The maximum atomic E-state index is 12.8. The third-order valence-corrected chi connectivity index (χ3v) is 4.66. The van der Waals surface area contributed by atoms with Gasteiger partial charge in [0.1, 0.15) is 11.5 Å². The van der Waals surface area contributed by atoms with E-state index in [1.165, 1.54) is 12.1 Å². The molecule has 0 atom stereocenters. The Kier molecular flexibility index (Phi) is 5.58. The number of carboxylic acid groups (broad SMARTS) is 1. The van der Waals surface area contributed by atoms with Crippen molar-refractivity contribution in [1.29, 1.82) is 0 Å². The quantitative estimate of drug-likeness (QED) is 0.730. The number of carbonyl (C=O) groups is 2. The second kappa shape index (κ2) is 7.92. The van der Waals surface area contributed by atoms with E-state index in [9.17, 15) is 14.7 Å². The summed E-state index contributed by atoms with van der Waals surface area (Å²) in [5, 5.41) is 9.25. The molecule has 0 radical (unpaired) electrons. The number of fused-ring (bicyclic) bond motifs is 1. The van der Waals surface area contributed by atoms with E-state index in [4.69, 9.17) is 9.47 Å². The molecule has 0 bridgehead atoms. The third kappa shape index (κ3) is 4.27. The molecule has 1 N–H and O–H groups in total. The molecule has 0 saturated heterocycles. The van der Waals surface area contributed by atoms with E-state index >= 15 is 0 Å². The van der Waals surface area contributed by atoms with Crippen LogP contribution in [0.2, 0.25) is 0 Å². The van der Waals surface area contributed by atoms with Crippen molar-refractivity contribution in [2.24, 2.45) is 0 Å². The Bertz CT molecular complexity index is 890. The smallest absolute Gasteiger partial charge is 0.335 e. The number of amides is 1. The highest BCUT2D eigenvalue weighted by molar-refractivity contribution is 6.03. The van der Waals surface area contributed by atoms with Gasteiger partial charge in [-0.1, -0.05) is 12.1 Å². The number of ether oxygens (including phenoxy) is 2. The molecule has 0 unspecified atom stereocenters. The zero-order valence-electron chi connectivity index (χ0n) is 16.4. The van der Waals surface area contributed by atoms with E-state index in [-0.39, 0.29) is 11.5 Å². The molecule has 148 valence electrons. The number of carbonyl (C=O) groups excluding carboxylic acids is 1. The minimum absolute atomic E-state index is 0.127. The lowest BCUT2D eigenvalue weighted by Crippen LogP contribution is -2.52. The van der Waals surface area contributed by atoms with Crippen LogP contribution in [0.15, 0.2) is 42.5 Å². The van der Waals surface area contributed by atoms with Gasteiger partial charge < -0.3 is 19.5 Å². The minimum Gasteiger partial charge on any atom is -0.494 e. The Morgan fingerprint density at radius 2 is 1.96 bits per heavy atom. The van der Waals surface area contributed by atoms with Gasteiger partial charge in [-0.25, -0.2) is 4.79 Å². The van der Waals surface area contributed by atoms with Crippen LogP contribution in [0.5, 0.6) is 11.5 Å². The summed E-state index contributed by atoms with van der Waals surface area (Å²) in [6, 6.07) is 12.5. The lowest BCUT2D eigenvalue weighted by atomic mass is 10.0. The van der Waals surface area contributed by atoms with Crippen LogP contribution in [-0.2, 0) is 4.79 Å². The number of anilines is 1. The van der Waals surface area contributed by atoms with Crippen molar-refractivity contribution in [3.63, 3.8) is 0 Å². The average molecular weight is 383 g/mol. The summed E-state index contributed by atoms with van der Waals surface area (Å²) in [7, 11) is 0. The van der Waals surface area contributed by atoms with Gasteiger partial charge in [0, 0.05) is 6.54 Å². The molecule has 6 heteroatoms. The molecule has 28 heavy (non-hydrogen) atoms. The molecule has 6 nitrogen and oxygen atoms in total. The zero-order chi connectivity index (χ0) is 20.3. The highest BCUT2D eigenvalue weighted by Gasteiger charge is 2.40. The lowest BCUT2D eigenvalue weighted by Gasteiger charge is -2.39. The summed E-state index contributed by atoms with van der Waals surface area (Å²) < 4.78 is 11.5. The number of aryl methyl sites for hydroxylation is 1. The first-order valence-electron chi connectivity index (χ1n) is 9.36. The average Bonchev–Trinajstić information content (AvgIpc) is 2.63. The second-order valence-corrected chi connectivity index (χ2v) is 7.43. The first-order valence-corrected chi connectivity index (χ1v) is 9.36. The highest BCUT2D eigenvalue weighted by Crippen LogP contribution is 2.38. The van der Waals surface area contributed by atoms with Crippen molar-refractivity contribution in [2.75, 3.05) is 18.1 Å². The largest absolute Gasteiger partial charge is 0.494 e. The number of hydrogen-bond acceptors (Lipinski definition) is 4. The molecule has 1 amide bonds. The van der Waals surface area contributed by atoms with Crippen LogP contribution in [0, 0.1) is 6.92 Å². The van der Waals surface area contributed by atoms with Gasteiger partial charge in [-0.3, -0.25) is 4.79 Å². The number of rotatable bonds is 7. The Morgan fingerprint density at radius 3 is 2.68 bits per heavy atom. The van der Waals surface area contributed by atoms with Crippen LogP contribution in [0.4, 0.5) is 5.69 Å². The molecule has 3 rings (SSSR count). The zero-order valence-corrected chi connectivity index (χ0v) is 16.4. The second-order valence-electron chi connectivity index (χ2n) is 7.43. The van der Waals surface area contributed by atoms with Crippen LogP contribution in [0.3, 0.4) is 0 Å². The Hall–Kier alpha value is -3.02. The molecule has 1 heterocycles. The number of nitrogens with zero attached hydrogens (tertiary/aromatic N) is 1. The van der Waals surface area contributed by atoms with E-state index in [1.807, 2.05) is 31.2 Å². The molecule has 1 aliphatic heterocycles. The summed E-state index contributed by atoms with van der Waals surface area (Å²) in [6.45, 7) is 6.47. The maximum Gasteiger partial charge on any atom is 0.335 e. The van der Waals surface area contributed by atoms with Gasteiger partial charge in [0.15, 0.2) is 5.60 Å². The van der Waals surface area contributed by atoms with Crippen LogP contribution < -0.4 is 14.4 Å². The van der Waals surface area contributed by atoms with Crippen LogP contribution in [0.1, 0.15) is 42.6 Å². The molecule has 0 fully saturated rings. The minimum atomic E-state index is -1.04. The van der Waals surface area contributed by atoms with Crippen molar-refractivity contribution in [3.8, 4) is 11.5 Å². The van der Waals surface area contributed by atoms with Crippen LogP contribution in [0.25, 0.3) is 0 Å². The van der Waals surface area contributed by atoms with Gasteiger partial charge in [0.2, 0.25) is 0 Å². The standard InChI is InChI=1S/C22H25NO5/c1-15-7-6-8-17(13-15)27-12-5-4-11-23-18-14-16(20(24)25)9-10-19(18)28-22(2,3)21(23)26/h6-10,13-14H,4-5,11-12H2,1-3H3,(H,24,25). The molecule has 2 aromatic carbocycles. The van der Waals surface area contributed by atoms with Crippen molar-refractivity contribution >= 4 is 17.6 Å². The molecule has 0 aliphatic carbocycles. The first kappa shape index (κ1) is 19.7. The van der Waals surface area contributed by atoms with Crippen LogP contribution in [-0.4, -0.2) is 35.7 Å². The van der Waals surface area contributed by atoms with E-state index in [1.54, 1.807) is 24.8 Å². The highest BCUT2D eigenvalue weighted by atomic mass is 16.5. The fraction of sp³-hybridized carbons (Fsp3) is 0.364. The lowest BCUT2D eigenvalue weighted by molar-refractivity contribution is -0.132. The molecule has 0 spiro atoms. The summed E-state index contributed by atoms with van der Waals surface area (Å²) >= 11 is 0. The summed E-state index contributed by atoms with van der Waals surface area (Å²) in [5.74, 6) is 0.138. The fourth-order valence-corrected chi connectivity index (χ4v) is 3.19. The fourth-order valence-electron chi connectivity index (χ4n) is 3.19. The number of benzene rings is 2. The van der Waals surface area contributed by atoms with E-state index in [0.717, 1.165) is 24.2 Å². The summed E-state index contributed by atoms with van der Waals surface area (Å²) in [4.78, 5) is 25.8. The van der Waals surface area contributed by atoms with Crippen LogP contribution >= 0.6 is 0 Å². The molecule has 2 aromatic rings. The predicted molar refractivity (Wildman–Crippen MR) is 106 cm³/mol. The summed E-state index contributed by atoms with van der Waals surface area (Å²) in [5.41, 5.74) is 0.784. The van der Waals surface area contributed by atoms with Gasteiger partial charge in [-0.2, -0.15) is 0 Å². The molecule has 1 aliphatic rings. The van der Waals surface area contributed by atoms with Gasteiger partial charge >= 0.3 is 5.97 Å². The Balaban J connectivity index is 1.66. The molecule has 0 aromatic heterocycles. The predicted octanol–water partition coefficient (Wildman–Crippen LogP) is 4.06. The molecular weight excluding hydrogens is 358 g/mol. The van der Waals surface area contributed by atoms with Gasteiger partial charge in [0.05, 0.1) is 17.9 Å². The Labute approximate surface area is 164 Å². The normalized spacial score (nSPS) is 15.0. The molecular formula is C22H25NO5. The van der Waals surface area contributed by atoms with Gasteiger partial charge in [0.25, 0.3) is 5.91 Å². The third-order valence-electron chi connectivity index (χ3n) is 4.66. The van der Waals surface area contributed by atoms with E-state index in [2.05, 4.69) is 0 Å². The van der Waals surface area contributed by atoms with Crippen molar-refractivity contribution in [1.82, 2.24) is 0 Å². The van der Waals surface area contributed by atoms with Gasteiger partial charge in [-0.05, 0) is 69.5 Å². The topological polar surface area (TPSA) is 76.1 Å². The van der Waals surface area contributed by atoms with Crippen molar-refractivity contribution in [3.05, 3.63) is 53.6 Å². The SMILES string of the molecule is Cc1cccc(OCCCCN2C(=O)C(C)(C)Oc3ccc(C(=O)O)cc32)c1. The number of hydrogen-bond donors (Lipinski definition) is 1. The number of carboxylic acids is 1.